The van der Waals surface area contributed by atoms with Gasteiger partial charge in [0.25, 0.3) is 0 Å². The van der Waals surface area contributed by atoms with Crippen molar-refractivity contribution in [3.05, 3.63) is 36.4 Å². The molecule has 1 amide bonds. The van der Waals surface area contributed by atoms with Crippen molar-refractivity contribution in [1.29, 1.82) is 0 Å². The molecule has 24 heavy (non-hydrogen) atoms. The molecule has 4 rings (SSSR count). The van der Waals surface area contributed by atoms with Gasteiger partial charge in [-0.3, -0.25) is 4.90 Å². The zero-order chi connectivity index (χ0) is 16.4. The predicted octanol–water partition coefficient (Wildman–Crippen LogP) is 2.20. The zero-order valence-electron chi connectivity index (χ0n) is 13.4. The Morgan fingerprint density at radius 3 is 2.83 bits per heavy atom. The van der Waals surface area contributed by atoms with Gasteiger partial charge >= 0.3 is 6.09 Å². The highest BCUT2D eigenvalue weighted by Gasteiger charge is 2.41. The van der Waals surface area contributed by atoms with Crippen molar-refractivity contribution in [2.45, 2.75) is 31.4 Å². The second-order valence-corrected chi connectivity index (χ2v) is 6.45. The predicted molar refractivity (Wildman–Crippen MR) is 86.1 cm³/mol. The average molecular weight is 328 g/mol. The number of hydrogen-bond acceptors (Lipinski definition) is 6. The highest BCUT2D eigenvalue weighted by molar-refractivity contribution is 5.70. The molecule has 1 N–H and O–H groups in total. The smallest absolute Gasteiger partial charge is 0.407 e. The van der Waals surface area contributed by atoms with Crippen molar-refractivity contribution >= 4 is 6.09 Å². The molecular weight excluding hydrogens is 308 g/mol. The van der Waals surface area contributed by atoms with Crippen molar-refractivity contribution in [1.82, 2.24) is 20.2 Å². The maximum atomic E-state index is 11.4. The molecule has 2 saturated heterocycles. The van der Waals surface area contributed by atoms with Crippen LogP contribution in [0.1, 0.15) is 24.8 Å². The van der Waals surface area contributed by atoms with E-state index in [0.29, 0.717) is 18.1 Å². The minimum atomic E-state index is -0.314. The fraction of sp³-hybridized carbons (Fsp3) is 0.471. The van der Waals surface area contributed by atoms with Gasteiger partial charge in [0.05, 0.1) is 12.8 Å². The number of nitrogens with one attached hydrogen (secondary N) is 1. The summed E-state index contributed by atoms with van der Waals surface area (Å²) in [5, 5.41) is 2.78. The third-order valence-corrected chi connectivity index (χ3v) is 4.71. The molecule has 1 spiro atoms. The summed E-state index contributed by atoms with van der Waals surface area (Å²) < 4.78 is 10.8. The summed E-state index contributed by atoms with van der Waals surface area (Å²) in [6, 6.07) is 3.67. The van der Waals surface area contributed by atoms with Gasteiger partial charge in [0.1, 0.15) is 5.60 Å². The van der Waals surface area contributed by atoms with Crippen LogP contribution in [-0.4, -0.2) is 46.2 Å². The highest BCUT2D eigenvalue weighted by Crippen LogP contribution is 2.29. The Hall–Kier alpha value is -2.41. The summed E-state index contributed by atoms with van der Waals surface area (Å²) in [5.74, 6) is 1.27. The number of hydrogen-bond donors (Lipinski definition) is 1. The lowest BCUT2D eigenvalue weighted by atomic mass is 9.95. The quantitative estimate of drug-likeness (QED) is 0.930. The summed E-state index contributed by atoms with van der Waals surface area (Å²) in [4.78, 5) is 22.5. The second kappa shape index (κ2) is 6.24. The molecule has 2 fully saturated rings. The van der Waals surface area contributed by atoms with E-state index in [1.165, 1.54) is 0 Å². The van der Waals surface area contributed by atoms with E-state index in [1.54, 1.807) is 6.26 Å². The Morgan fingerprint density at radius 1 is 1.25 bits per heavy atom. The molecular formula is C17H20N4O3. The van der Waals surface area contributed by atoms with Gasteiger partial charge < -0.3 is 14.5 Å². The van der Waals surface area contributed by atoms with Crippen LogP contribution >= 0.6 is 0 Å². The number of amides is 1. The lowest BCUT2D eigenvalue weighted by molar-refractivity contribution is 0.0443. The van der Waals surface area contributed by atoms with Gasteiger partial charge in [0, 0.05) is 37.5 Å². The fourth-order valence-corrected chi connectivity index (χ4v) is 3.39. The van der Waals surface area contributed by atoms with E-state index in [9.17, 15) is 4.79 Å². The molecule has 0 bridgehead atoms. The molecule has 2 aliphatic heterocycles. The van der Waals surface area contributed by atoms with Crippen molar-refractivity contribution in [3.8, 4) is 11.6 Å². The molecule has 4 heterocycles. The summed E-state index contributed by atoms with van der Waals surface area (Å²) in [6.45, 7) is 3.31. The monoisotopic (exact) mass is 328 g/mol. The van der Waals surface area contributed by atoms with Crippen LogP contribution in [0, 0.1) is 0 Å². The van der Waals surface area contributed by atoms with Gasteiger partial charge in [-0.05, 0) is 31.5 Å². The maximum absolute atomic E-state index is 11.4. The number of rotatable bonds is 3. The number of aromatic nitrogens is 2. The molecule has 2 aromatic rings. The summed E-state index contributed by atoms with van der Waals surface area (Å²) in [6.07, 6.45) is 7.81. The first-order valence-corrected chi connectivity index (χ1v) is 8.26. The van der Waals surface area contributed by atoms with Gasteiger partial charge in [-0.25, -0.2) is 14.8 Å². The first-order chi connectivity index (χ1) is 11.7. The van der Waals surface area contributed by atoms with Gasteiger partial charge in [-0.15, -0.1) is 0 Å². The maximum Gasteiger partial charge on any atom is 0.407 e. The minimum Gasteiger partial charge on any atom is -0.461 e. The number of ether oxygens (including phenoxy) is 1. The van der Waals surface area contributed by atoms with E-state index < -0.39 is 0 Å². The Bertz CT molecular complexity index is 701. The first-order valence-electron chi connectivity index (χ1n) is 8.26. The van der Waals surface area contributed by atoms with Crippen molar-refractivity contribution in [2.24, 2.45) is 0 Å². The SMILES string of the molecule is O=C1NC[C@]2(CCCN(Cc3cnc(-c4ccco4)nc3)CC2)O1. The topological polar surface area (TPSA) is 80.5 Å². The Morgan fingerprint density at radius 2 is 2.12 bits per heavy atom. The van der Waals surface area contributed by atoms with Gasteiger partial charge in [-0.2, -0.15) is 0 Å². The lowest BCUT2D eigenvalue weighted by Crippen LogP contribution is -2.34. The molecule has 0 aromatic carbocycles. The van der Waals surface area contributed by atoms with Crippen LogP contribution < -0.4 is 5.32 Å². The van der Waals surface area contributed by atoms with Gasteiger partial charge in [-0.1, -0.05) is 0 Å². The van der Waals surface area contributed by atoms with E-state index in [-0.39, 0.29) is 11.7 Å². The Kier molecular flexibility index (Phi) is 3.93. The average Bonchev–Trinajstić information content (AvgIpc) is 3.19. The van der Waals surface area contributed by atoms with Crippen LogP contribution in [0.3, 0.4) is 0 Å². The summed E-state index contributed by atoms with van der Waals surface area (Å²) >= 11 is 0. The second-order valence-electron chi connectivity index (χ2n) is 6.45. The molecule has 0 radical (unpaired) electrons. The first kappa shape index (κ1) is 15.1. The standard InChI is InChI=1S/C17H20N4O3/c22-16-20-12-17(24-16)4-2-6-21(7-5-17)11-13-9-18-15(19-10-13)14-3-1-8-23-14/h1,3,8-10H,2,4-7,11-12H2,(H,20,22)/t17-/m1/s1. The van der Waals surface area contributed by atoms with E-state index in [4.69, 9.17) is 9.15 Å². The number of likely N-dealkylation sites (tertiary alicyclic amines) is 1. The lowest BCUT2D eigenvalue weighted by Gasteiger charge is -2.24. The normalized spacial score (nSPS) is 24.6. The van der Waals surface area contributed by atoms with Crippen LogP contribution in [-0.2, 0) is 11.3 Å². The van der Waals surface area contributed by atoms with Crippen molar-refractivity contribution in [2.75, 3.05) is 19.6 Å². The third-order valence-electron chi connectivity index (χ3n) is 4.71. The molecule has 126 valence electrons. The van der Waals surface area contributed by atoms with Crippen LogP contribution in [0.4, 0.5) is 4.79 Å². The molecule has 1 atom stereocenters. The van der Waals surface area contributed by atoms with Gasteiger partial charge in [0.2, 0.25) is 0 Å². The minimum absolute atomic E-state index is 0.287. The molecule has 2 aliphatic rings. The van der Waals surface area contributed by atoms with E-state index in [1.807, 2.05) is 24.5 Å². The summed E-state index contributed by atoms with van der Waals surface area (Å²) in [5.41, 5.74) is 0.758. The number of furan rings is 1. The van der Waals surface area contributed by atoms with Gasteiger partial charge in [0.15, 0.2) is 11.6 Å². The van der Waals surface area contributed by atoms with E-state index in [0.717, 1.165) is 44.5 Å². The third kappa shape index (κ3) is 3.12. The van der Waals surface area contributed by atoms with Crippen LogP contribution in [0.2, 0.25) is 0 Å². The molecule has 0 saturated carbocycles. The summed E-state index contributed by atoms with van der Waals surface area (Å²) in [7, 11) is 0. The number of nitrogens with zero attached hydrogens (tertiary/aromatic N) is 3. The highest BCUT2D eigenvalue weighted by atomic mass is 16.6. The fourth-order valence-electron chi connectivity index (χ4n) is 3.39. The molecule has 2 aromatic heterocycles. The van der Waals surface area contributed by atoms with Crippen molar-refractivity contribution in [3.63, 3.8) is 0 Å². The zero-order valence-corrected chi connectivity index (χ0v) is 13.4. The number of alkyl carbamates (subject to hydrolysis) is 1. The van der Waals surface area contributed by atoms with Crippen LogP contribution in [0.25, 0.3) is 11.6 Å². The van der Waals surface area contributed by atoms with E-state index in [2.05, 4.69) is 20.2 Å². The number of carbonyl (C=O) groups excluding carboxylic acids is 1. The van der Waals surface area contributed by atoms with Crippen LogP contribution in [0.5, 0.6) is 0 Å². The molecule has 0 unspecified atom stereocenters. The van der Waals surface area contributed by atoms with Crippen LogP contribution in [0.15, 0.2) is 35.2 Å². The largest absolute Gasteiger partial charge is 0.461 e. The number of carbonyl (C=O) groups is 1. The van der Waals surface area contributed by atoms with Crippen molar-refractivity contribution < 1.29 is 13.9 Å². The molecule has 0 aliphatic carbocycles. The molecule has 7 nitrogen and oxygen atoms in total. The Labute approximate surface area is 140 Å². The Balaban J connectivity index is 1.38. The van der Waals surface area contributed by atoms with E-state index >= 15 is 0 Å². The molecule has 7 heteroatoms.